The Kier molecular flexibility index (Phi) is 10.0. The highest BCUT2D eigenvalue weighted by molar-refractivity contribution is 6.06. The van der Waals surface area contributed by atoms with Crippen LogP contribution in [0.5, 0.6) is 5.75 Å². The van der Waals surface area contributed by atoms with Crippen LogP contribution in [-0.2, 0) is 36.0 Å². The third-order valence-electron chi connectivity index (χ3n) is 11.2. The molecule has 14 nitrogen and oxygen atoms in total. The highest BCUT2D eigenvalue weighted by Crippen LogP contribution is 2.34. The molecule has 5 aromatic rings. The summed E-state index contributed by atoms with van der Waals surface area (Å²) in [6, 6.07) is 18.6. The number of carbonyl (C=O) groups excluding carboxylic acids is 3. The highest BCUT2D eigenvalue weighted by Gasteiger charge is 2.42. The number of piperidine rings is 1. The fourth-order valence-electron chi connectivity index (χ4n) is 8.29. The standard InChI is InChI=1S/C41H45N9O5/c1-46-35-21-27(15-16-33(35)50(41(46)55)34-17-18-39(53)43-40(34)54)9-4-2-3-5-10-29-24-48(45-44-29)23-28-11-8-14-38(42-28)49-26-30-22-31(49)25-47(30)20-19-37(52)32-12-6-7-13-36(32)51/h6-8,11-16,19-21,24,30-31,34,51H,2-5,9-10,17-18,22-23,25-26H2,1H3,(H,43,53,54)/b20-19+/t30-,31-,34?/m1/s1. The number of imidazole rings is 1. The van der Waals surface area contributed by atoms with Gasteiger partial charge in [0.05, 0.1) is 34.5 Å². The lowest BCUT2D eigenvalue weighted by Gasteiger charge is -2.34. The van der Waals surface area contributed by atoms with E-state index in [1.54, 1.807) is 35.9 Å². The zero-order valence-electron chi connectivity index (χ0n) is 30.9. The quantitative estimate of drug-likeness (QED) is 0.0735. The van der Waals surface area contributed by atoms with E-state index in [4.69, 9.17) is 4.98 Å². The summed E-state index contributed by atoms with van der Waals surface area (Å²) < 4.78 is 4.95. The zero-order valence-corrected chi connectivity index (χ0v) is 30.9. The number of amides is 2. The highest BCUT2D eigenvalue weighted by atomic mass is 16.3. The topological polar surface area (TPSA) is 160 Å². The number of benzene rings is 2. The van der Waals surface area contributed by atoms with Crippen LogP contribution in [0, 0.1) is 0 Å². The Balaban J connectivity index is 0.779. The van der Waals surface area contributed by atoms with Gasteiger partial charge in [-0.15, -0.1) is 5.10 Å². The van der Waals surface area contributed by atoms with Gasteiger partial charge in [0.25, 0.3) is 0 Å². The fraction of sp³-hybridized carbons (Fsp3) is 0.390. The van der Waals surface area contributed by atoms with Crippen molar-refractivity contribution in [2.75, 3.05) is 18.0 Å². The van der Waals surface area contributed by atoms with Crippen molar-refractivity contribution in [1.82, 2.24) is 39.3 Å². The lowest BCUT2D eigenvalue weighted by molar-refractivity contribution is -0.135. The van der Waals surface area contributed by atoms with Gasteiger partial charge in [0.1, 0.15) is 17.6 Å². The molecule has 0 saturated carbocycles. The predicted octanol–water partition coefficient (Wildman–Crippen LogP) is 4.06. The van der Waals surface area contributed by atoms with Crippen LogP contribution in [0.1, 0.15) is 78.3 Å². The van der Waals surface area contributed by atoms with Crippen molar-refractivity contribution >= 4 is 34.4 Å². The Labute approximate surface area is 318 Å². The molecule has 14 heteroatoms. The SMILES string of the molecule is Cn1c(=O)n(C2CCC(=O)NC2=O)c2ccc(CCCCCCc3cn(Cc4cccc(N5C[C@H]6C[C@@H]5CN6/C=C/C(=O)c5ccccc5O)n4)nn3)cc21. The van der Waals surface area contributed by atoms with Gasteiger partial charge in [-0.2, -0.15) is 0 Å². The third-order valence-corrected chi connectivity index (χ3v) is 11.2. The number of piperazine rings is 1. The van der Waals surface area contributed by atoms with E-state index in [0.717, 1.165) is 86.3 Å². The van der Waals surface area contributed by atoms with Crippen molar-refractivity contribution in [1.29, 1.82) is 0 Å². The normalized spacial score (nSPS) is 19.6. The molecule has 284 valence electrons. The second kappa shape index (κ2) is 15.4. The number of aryl methyl sites for hydroxylation is 3. The van der Waals surface area contributed by atoms with E-state index in [9.17, 15) is 24.3 Å². The number of nitrogens with zero attached hydrogens (tertiary/aromatic N) is 8. The van der Waals surface area contributed by atoms with Crippen LogP contribution in [0.25, 0.3) is 11.0 Å². The number of unbranched alkanes of at least 4 members (excludes halogenated alkanes) is 3. The number of hydrogen-bond donors (Lipinski definition) is 2. The minimum absolute atomic E-state index is 0.00501. The average molecular weight is 744 g/mol. The number of carbonyl (C=O) groups is 3. The lowest BCUT2D eigenvalue weighted by atomic mass is 10.0. The summed E-state index contributed by atoms with van der Waals surface area (Å²) in [5.74, 6) is 0.0205. The van der Waals surface area contributed by atoms with Crippen molar-refractivity contribution in [3.8, 4) is 5.75 Å². The van der Waals surface area contributed by atoms with Gasteiger partial charge in [0, 0.05) is 57.1 Å². The Morgan fingerprint density at radius 2 is 1.76 bits per heavy atom. The molecule has 8 rings (SSSR count). The molecule has 3 atom stereocenters. The maximum Gasteiger partial charge on any atom is 0.329 e. The number of para-hydroxylation sites is 1. The van der Waals surface area contributed by atoms with Crippen molar-refractivity contribution < 1.29 is 19.5 Å². The number of phenols is 1. The number of hydrogen-bond acceptors (Lipinski definition) is 10. The zero-order chi connectivity index (χ0) is 38.1. The smallest absolute Gasteiger partial charge is 0.329 e. The van der Waals surface area contributed by atoms with Gasteiger partial charge >= 0.3 is 5.69 Å². The van der Waals surface area contributed by atoms with Crippen LogP contribution in [0.3, 0.4) is 0 Å². The van der Waals surface area contributed by atoms with Crippen molar-refractivity contribution in [2.45, 2.75) is 82.5 Å². The number of phenolic OH excluding ortho intramolecular Hbond substituents is 1. The van der Waals surface area contributed by atoms with Crippen LogP contribution in [0.2, 0.25) is 0 Å². The molecule has 3 aliphatic heterocycles. The summed E-state index contributed by atoms with van der Waals surface area (Å²) in [5, 5.41) is 21.1. The molecule has 2 bridgehead atoms. The van der Waals surface area contributed by atoms with Gasteiger partial charge in [0.15, 0.2) is 5.78 Å². The number of imide groups is 1. The predicted molar refractivity (Wildman–Crippen MR) is 206 cm³/mol. The Morgan fingerprint density at radius 1 is 0.927 bits per heavy atom. The van der Waals surface area contributed by atoms with Crippen LogP contribution in [0.15, 0.2) is 83.9 Å². The number of likely N-dealkylation sites (tertiary alicyclic amines) is 1. The van der Waals surface area contributed by atoms with Gasteiger partial charge in [-0.25, -0.2) is 14.5 Å². The Bertz CT molecular complexity index is 2340. The van der Waals surface area contributed by atoms with Gasteiger partial charge in [-0.1, -0.05) is 42.3 Å². The van der Waals surface area contributed by atoms with E-state index in [0.29, 0.717) is 36.1 Å². The molecule has 6 heterocycles. The monoisotopic (exact) mass is 743 g/mol. The van der Waals surface area contributed by atoms with Crippen molar-refractivity contribution in [2.24, 2.45) is 7.05 Å². The molecule has 3 fully saturated rings. The molecule has 2 aromatic carbocycles. The number of nitrogens with one attached hydrogen (secondary N) is 1. The van der Waals surface area contributed by atoms with E-state index < -0.39 is 11.9 Å². The molecule has 1 unspecified atom stereocenters. The van der Waals surface area contributed by atoms with Crippen LogP contribution in [0.4, 0.5) is 5.82 Å². The molecule has 3 aliphatic rings. The van der Waals surface area contributed by atoms with Crippen molar-refractivity contribution in [3.63, 3.8) is 0 Å². The molecular formula is C41H45N9O5. The first-order valence-electron chi connectivity index (χ1n) is 19.1. The number of rotatable bonds is 14. The number of ketones is 1. The molecule has 2 N–H and O–H groups in total. The minimum Gasteiger partial charge on any atom is -0.507 e. The Morgan fingerprint density at radius 3 is 2.56 bits per heavy atom. The molecule has 0 spiro atoms. The second-order valence-electron chi connectivity index (χ2n) is 14.9. The van der Waals surface area contributed by atoms with Gasteiger partial charge in [-0.05, 0) is 80.5 Å². The number of aromatic nitrogens is 6. The molecule has 0 aliphatic carbocycles. The summed E-state index contributed by atoms with van der Waals surface area (Å²) in [6.07, 6.45) is 12.9. The first kappa shape index (κ1) is 36.0. The fourth-order valence-corrected chi connectivity index (χ4v) is 8.29. The molecular weight excluding hydrogens is 699 g/mol. The Hall–Kier alpha value is -6.05. The molecule has 55 heavy (non-hydrogen) atoms. The third kappa shape index (κ3) is 7.53. The van der Waals surface area contributed by atoms with E-state index in [2.05, 4.69) is 31.5 Å². The number of pyridine rings is 1. The van der Waals surface area contributed by atoms with E-state index in [1.165, 1.54) is 10.6 Å². The van der Waals surface area contributed by atoms with Gasteiger partial charge in [-0.3, -0.25) is 28.8 Å². The summed E-state index contributed by atoms with van der Waals surface area (Å²) in [7, 11) is 1.72. The first-order valence-corrected chi connectivity index (χ1v) is 19.1. The number of allylic oxidation sites excluding steroid dienone is 1. The number of fused-ring (bicyclic) bond motifs is 3. The summed E-state index contributed by atoms with van der Waals surface area (Å²) >= 11 is 0. The van der Waals surface area contributed by atoms with E-state index >= 15 is 0 Å². The maximum absolute atomic E-state index is 13.1. The molecule has 3 saturated heterocycles. The maximum atomic E-state index is 13.1. The number of aromatic hydroxyl groups is 1. The molecule has 2 amide bonds. The minimum atomic E-state index is -0.679. The summed E-state index contributed by atoms with van der Waals surface area (Å²) in [4.78, 5) is 59.3. The summed E-state index contributed by atoms with van der Waals surface area (Å²) in [5.41, 5.74) is 4.59. The lowest BCUT2D eigenvalue weighted by Crippen LogP contribution is -2.44. The molecule has 3 aromatic heterocycles. The summed E-state index contributed by atoms with van der Waals surface area (Å²) in [6.45, 7) is 2.19. The van der Waals surface area contributed by atoms with Gasteiger partial charge < -0.3 is 14.9 Å². The average Bonchev–Trinajstić information content (AvgIpc) is 3.97. The largest absolute Gasteiger partial charge is 0.507 e. The first-order chi connectivity index (χ1) is 26.7. The van der Waals surface area contributed by atoms with Crippen LogP contribution < -0.4 is 15.9 Å². The van der Waals surface area contributed by atoms with Crippen LogP contribution >= 0.6 is 0 Å². The van der Waals surface area contributed by atoms with Gasteiger partial charge in [0.2, 0.25) is 11.8 Å². The van der Waals surface area contributed by atoms with Crippen molar-refractivity contribution in [3.05, 3.63) is 112 Å². The number of anilines is 1. The molecule has 0 radical (unpaired) electrons. The van der Waals surface area contributed by atoms with E-state index in [1.807, 2.05) is 47.4 Å². The van der Waals surface area contributed by atoms with E-state index in [-0.39, 0.29) is 29.6 Å². The second-order valence-corrected chi connectivity index (χ2v) is 14.9. The van der Waals surface area contributed by atoms with Crippen LogP contribution in [-0.4, -0.2) is 81.9 Å².